The van der Waals surface area contributed by atoms with E-state index in [9.17, 15) is 14.4 Å². The van der Waals surface area contributed by atoms with Crippen LogP contribution in [-0.2, 0) is 9.59 Å². The van der Waals surface area contributed by atoms with E-state index < -0.39 is 31.0 Å². The third kappa shape index (κ3) is 5.58. The number of carbonyl (C=O) groups is 3. The van der Waals surface area contributed by atoms with Crippen molar-refractivity contribution in [2.75, 3.05) is 26.2 Å². The van der Waals surface area contributed by atoms with Gasteiger partial charge >= 0.3 is 12.0 Å². The lowest BCUT2D eigenvalue weighted by Crippen LogP contribution is -2.53. The number of hydrogen-bond donors (Lipinski definition) is 3. The van der Waals surface area contributed by atoms with Crippen LogP contribution in [0.2, 0.25) is 0 Å². The highest BCUT2D eigenvalue weighted by molar-refractivity contribution is 5.86. The van der Waals surface area contributed by atoms with Gasteiger partial charge in [0.25, 0.3) is 0 Å². The zero-order chi connectivity index (χ0) is 15.8. The van der Waals surface area contributed by atoms with Crippen LogP contribution >= 0.6 is 0 Å². The van der Waals surface area contributed by atoms with Gasteiger partial charge in [0.05, 0.1) is 6.61 Å². The van der Waals surface area contributed by atoms with Gasteiger partial charge in [0.15, 0.2) is 0 Å². The van der Waals surface area contributed by atoms with E-state index in [2.05, 4.69) is 0 Å². The number of amides is 3. The SMILES string of the molecule is NC(=O)CN(CC(=O)O)C(=O)N(CCO)C1CCCCC1. The van der Waals surface area contributed by atoms with Crippen molar-refractivity contribution < 1.29 is 24.6 Å². The molecule has 4 N–H and O–H groups in total. The molecule has 0 atom stereocenters. The van der Waals surface area contributed by atoms with Crippen LogP contribution in [-0.4, -0.2) is 70.2 Å². The number of carboxylic acids is 1. The van der Waals surface area contributed by atoms with Crippen molar-refractivity contribution in [2.24, 2.45) is 5.73 Å². The summed E-state index contributed by atoms with van der Waals surface area (Å²) in [6.07, 6.45) is 4.74. The quantitative estimate of drug-likeness (QED) is 0.590. The van der Waals surface area contributed by atoms with Gasteiger partial charge in [-0.25, -0.2) is 4.79 Å². The van der Waals surface area contributed by atoms with Crippen molar-refractivity contribution in [2.45, 2.75) is 38.1 Å². The van der Waals surface area contributed by atoms with E-state index in [-0.39, 0.29) is 19.2 Å². The summed E-state index contributed by atoms with van der Waals surface area (Å²) in [5.41, 5.74) is 5.07. The normalized spacial score (nSPS) is 15.5. The molecule has 0 aromatic rings. The van der Waals surface area contributed by atoms with Gasteiger partial charge in [-0.2, -0.15) is 0 Å². The number of nitrogens with two attached hydrogens (primary N) is 1. The fourth-order valence-electron chi connectivity index (χ4n) is 2.66. The first-order valence-corrected chi connectivity index (χ1v) is 7.12. The predicted octanol–water partition coefficient (Wildman–Crippen LogP) is -0.395. The first-order chi connectivity index (χ1) is 9.95. The topological polar surface area (TPSA) is 124 Å². The summed E-state index contributed by atoms with van der Waals surface area (Å²) < 4.78 is 0. The highest BCUT2D eigenvalue weighted by Crippen LogP contribution is 2.23. The highest BCUT2D eigenvalue weighted by atomic mass is 16.4. The zero-order valence-electron chi connectivity index (χ0n) is 12.0. The molecule has 120 valence electrons. The largest absolute Gasteiger partial charge is 0.480 e. The monoisotopic (exact) mass is 301 g/mol. The number of primary amides is 1. The van der Waals surface area contributed by atoms with Crippen molar-refractivity contribution in [3.63, 3.8) is 0 Å². The summed E-state index contributed by atoms with van der Waals surface area (Å²) in [6.45, 7) is -1.12. The first kappa shape index (κ1) is 17.2. The summed E-state index contributed by atoms with van der Waals surface area (Å²) in [7, 11) is 0. The average molecular weight is 301 g/mol. The molecule has 8 heteroatoms. The van der Waals surface area contributed by atoms with Gasteiger partial charge in [-0.15, -0.1) is 0 Å². The smallest absolute Gasteiger partial charge is 0.323 e. The van der Waals surface area contributed by atoms with Gasteiger partial charge in [0, 0.05) is 12.6 Å². The Morgan fingerprint density at radius 2 is 1.71 bits per heavy atom. The lowest BCUT2D eigenvalue weighted by molar-refractivity contribution is -0.138. The lowest BCUT2D eigenvalue weighted by Gasteiger charge is -2.36. The summed E-state index contributed by atoms with van der Waals surface area (Å²) in [5, 5.41) is 18.0. The van der Waals surface area contributed by atoms with E-state index in [1.165, 1.54) is 4.90 Å². The van der Waals surface area contributed by atoms with Crippen molar-refractivity contribution in [3.8, 4) is 0 Å². The molecule has 1 saturated carbocycles. The molecule has 0 aromatic heterocycles. The van der Waals surface area contributed by atoms with Crippen LogP contribution in [0.4, 0.5) is 4.79 Å². The number of urea groups is 1. The van der Waals surface area contributed by atoms with Gasteiger partial charge < -0.3 is 25.7 Å². The number of aliphatic carboxylic acids is 1. The van der Waals surface area contributed by atoms with Gasteiger partial charge in [-0.1, -0.05) is 19.3 Å². The molecule has 0 radical (unpaired) electrons. The van der Waals surface area contributed by atoms with Crippen LogP contribution in [0.3, 0.4) is 0 Å². The third-order valence-corrected chi connectivity index (χ3v) is 3.55. The zero-order valence-corrected chi connectivity index (χ0v) is 12.0. The maximum Gasteiger partial charge on any atom is 0.323 e. The number of carboxylic acid groups (broad SMARTS) is 1. The van der Waals surface area contributed by atoms with Crippen LogP contribution < -0.4 is 5.73 Å². The van der Waals surface area contributed by atoms with Crippen molar-refractivity contribution in [3.05, 3.63) is 0 Å². The second-order valence-electron chi connectivity index (χ2n) is 5.21. The number of rotatable bonds is 7. The van der Waals surface area contributed by atoms with Crippen LogP contribution in [0, 0.1) is 0 Å². The molecule has 1 fully saturated rings. The fourth-order valence-corrected chi connectivity index (χ4v) is 2.66. The predicted molar refractivity (Wildman–Crippen MR) is 74.5 cm³/mol. The molecular weight excluding hydrogens is 278 g/mol. The van der Waals surface area contributed by atoms with Gasteiger partial charge in [-0.05, 0) is 12.8 Å². The lowest BCUT2D eigenvalue weighted by atomic mass is 9.94. The van der Waals surface area contributed by atoms with Crippen LogP contribution in [0.15, 0.2) is 0 Å². The summed E-state index contributed by atoms with van der Waals surface area (Å²) >= 11 is 0. The third-order valence-electron chi connectivity index (χ3n) is 3.55. The van der Waals surface area contributed by atoms with Gasteiger partial charge in [-0.3, -0.25) is 9.59 Å². The first-order valence-electron chi connectivity index (χ1n) is 7.12. The molecular formula is C13H23N3O5. The molecule has 1 aliphatic carbocycles. The van der Waals surface area contributed by atoms with Crippen LogP contribution in [0.1, 0.15) is 32.1 Å². The number of aliphatic hydroxyl groups excluding tert-OH is 1. The molecule has 1 rings (SSSR count). The maximum absolute atomic E-state index is 12.5. The summed E-state index contributed by atoms with van der Waals surface area (Å²) in [6, 6.07) is -0.584. The van der Waals surface area contributed by atoms with E-state index in [0.29, 0.717) is 0 Å². The molecule has 0 aromatic carbocycles. The Hall–Kier alpha value is -1.83. The number of hydrogen-bond acceptors (Lipinski definition) is 4. The molecule has 8 nitrogen and oxygen atoms in total. The van der Waals surface area contributed by atoms with Crippen molar-refractivity contribution in [1.82, 2.24) is 9.80 Å². The Bertz CT molecular complexity index is 366. The second kappa shape index (κ2) is 8.46. The minimum absolute atomic E-state index is 0.0254. The van der Waals surface area contributed by atoms with Crippen molar-refractivity contribution >= 4 is 17.9 Å². The number of aliphatic hydroxyl groups is 1. The molecule has 1 aliphatic rings. The minimum Gasteiger partial charge on any atom is -0.480 e. The van der Waals surface area contributed by atoms with Gasteiger partial charge in [0.2, 0.25) is 5.91 Å². The molecule has 0 spiro atoms. The molecule has 0 bridgehead atoms. The number of carbonyl (C=O) groups excluding carboxylic acids is 2. The van der Waals surface area contributed by atoms with Gasteiger partial charge in [0.1, 0.15) is 13.1 Å². The summed E-state index contributed by atoms with van der Waals surface area (Å²) in [4.78, 5) is 36.7. The summed E-state index contributed by atoms with van der Waals surface area (Å²) in [5.74, 6) is -1.98. The minimum atomic E-state index is -1.21. The Kier molecular flexibility index (Phi) is 6.93. The van der Waals surface area contributed by atoms with E-state index in [0.717, 1.165) is 37.0 Å². The number of nitrogens with zero attached hydrogens (tertiary/aromatic N) is 2. The second-order valence-corrected chi connectivity index (χ2v) is 5.21. The molecule has 0 heterocycles. The molecule has 0 aliphatic heterocycles. The van der Waals surface area contributed by atoms with Crippen LogP contribution in [0.25, 0.3) is 0 Å². The fraction of sp³-hybridized carbons (Fsp3) is 0.769. The molecule has 3 amide bonds. The Balaban J connectivity index is 2.82. The van der Waals surface area contributed by atoms with Crippen LogP contribution in [0.5, 0.6) is 0 Å². The Morgan fingerprint density at radius 1 is 1.10 bits per heavy atom. The molecule has 0 unspecified atom stereocenters. The Labute approximate surface area is 123 Å². The van der Waals surface area contributed by atoms with E-state index >= 15 is 0 Å². The average Bonchev–Trinajstić information content (AvgIpc) is 2.43. The van der Waals surface area contributed by atoms with E-state index in [1.54, 1.807) is 0 Å². The molecule has 0 saturated heterocycles. The highest BCUT2D eigenvalue weighted by Gasteiger charge is 2.30. The standard InChI is InChI=1S/C13H23N3O5/c14-11(18)8-15(9-12(19)20)13(21)16(6-7-17)10-4-2-1-3-5-10/h10,17H,1-9H2,(H2,14,18)(H,19,20). The van der Waals surface area contributed by atoms with E-state index in [4.69, 9.17) is 15.9 Å². The van der Waals surface area contributed by atoms with E-state index in [1.807, 2.05) is 0 Å². The van der Waals surface area contributed by atoms with Crippen molar-refractivity contribution in [1.29, 1.82) is 0 Å². The molecule has 21 heavy (non-hydrogen) atoms. The Morgan fingerprint density at radius 3 is 2.19 bits per heavy atom. The maximum atomic E-state index is 12.5.